The Labute approximate surface area is 117 Å². The van der Waals surface area contributed by atoms with Gasteiger partial charge in [-0.15, -0.1) is 0 Å². The predicted octanol–water partition coefficient (Wildman–Crippen LogP) is 4.87. The molecule has 1 aromatic rings. The lowest BCUT2D eigenvalue weighted by Gasteiger charge is -2.21. The second-order valence-electron chi connectivity index (χ2n) is 6.45. The fourth-order valence-corrected chi connectivity index (χ4v) is 1.90. The maximum atomic E-state index is 12.1. The van der Waals surface area contributed by atoms with E-state index in [1.165, 1.54) is 0 Å². The van der Waals surface area contributed by atoms with Crippen molar-refractivity contribution in [2.45, 2.75) is 59.5 Å². The smallest absolute Gasteiger partial charge is 0.163 e. The van der Waals surface area contributed by atoms with Gasteiger partial charge < -0.3 is 4.74 Å². The number of Topliss-reactive ketones (excluding diaryl/α,β-unsaturated/α-hetero) is 1. The zero-order valence-electron chi connectivity index (χ0n) is 12.8. The van der Waals surface area contributed by atoms with Gasteiger partial charge in [0.15, 0.2) is 5.78 Å². The molecule has 0 heterocycles. The molecule has 0 aliphatic carbocycles. The summed E-state index contributed by atoms with van der Waals surface area (Å²) in [5, 5.41) is 0. The molecule has 0 bridgehead atoms. The number of carbonyl (C=O) groups is 1. The van der Waals surface area contributed by atoms with Gasteiger partial charge in [-0.2, -0.15) is 0 Å². The quantitative estimate of drug-likeness (QED) is 0.683. The lowest BCUT2D eigenvalue weighted by Crippen LogP contribution is -2.23. The number of ketones is 1. The van der Waals surface area contributed by atoms with Crippen LogP contribution in [0.15, 0.2) is 24.3 Å². The van der Waals surface area contributed by atoms with Gasteiger partial charge in [-0.3, -0.25) is 4.79 Å². The average Bonchev–Trinajstić information content (AvgIpc) is 2.26. The Morgan fingerprint density at radius 3 is 2.53 bits per heavy atom. The van der Waals surface area contributed by atoms with E-state index in [0.29, 0.717) is 12.3 Å². The molecule has 0 unspecified atom stereocenters. The molecule has 1 rings (SSSR count). The van der Waals surface area contributed by atoms with E-state index >= 15 is 0 Å². The summed E-state index contributed by atoms with van der Waals surface area (Å²) in [6, 6.07) is 7.50. The lowest BCUT2D eigenvalue weighted by atomic mass is 10.0. The average molecular weight is 262 g/mol. The monoisotopic (exact) mass is 262 g/mol. The minimum atomic E-state index is -0.237. The van der Waals surface area contributed by atoms with E-state index in [9.17, 15) is 4.79 Å². The van der Waals surface area contributed by atoms with Crippen LogP contribution in [0.25, 0.3) is 0 Å². The zero-order chi connectivity index (χ0) is 14.5. The fraction of sp³-hybridized carbons (Fsp3) is 0.588. The molecule has 0 spiro atoms. The highest BCUT2D eigenvalue weighted by atomic mass is 16.5. The van der Waals surface area contributed by atoms with E-state index in [1.807, 2.05) is 45.0 Å². The molecular weight excluding hydrogens is 236 g/mol. The van der Waals surface area contributed by atoms with E-state index in [-0.39, 0.29) is 11.4 Å². The van der Waals surface area contributed by atoms with Crippen molar-refractivity contribution < 1.29 is 9.53 Å². The third kappa shape index (κ3) is 6.42. The minimum Gasteiger partial charge on any atom is -0.488 e. The Morgan fingerprint density at radius 1 is 1.26 bits per heavy atom. The van der Waals surface area contributed by atoms with E-state index in [2.05, 4.69) is 13.8 Å². The Bertz CT molecular complexity index is 414. The van der Waals surface area contributed by atoms with E-state index in [4.69, 9.17) is 4.74 Å². The van der Waals surface area contributed by atoms with Crippen LogP contribution in [0, 0.1) is 5.92 Å². The summed E-state index contributed by atoms with van der Waals surface area (Å²) >= 11 is 0. The number of ether oxygens (including phenoxy) is 1. The minimum absolute atomic E-state index is 0.208. The Hall–Kier alpha value is -1.31. The molecule has 0 radical (unpaired) electrons. The highest BCUT2D eigenvalue weighted by Crippen LogP contribution is 2.20. The molecule has 0 atom stereocenters. The molecule has 0 amide bonds. The first-order chi connectivity index (χ1) is 8.78. The normalized spacial score (nSPS) is 11.7. The highest BCUT2D eigenvalue weighted by molar-refractivity contribution is 5.96. The van der Waals surface area contributed by atoms with Gasteiger partial charge >= 0.3 is 0 Å². The van der Waals surface area contributed by atoms with Crippen LogP contribution in [0.5, 0.6) is 5.75 Å². The maximum absolute atomic E-state index is 12.1. The van der Waals surface area contributed by atoms with Crippen molar-refractivity contribution in [3.8, 4) is 5.75 Å². The second-order valence-corrected chi connectivity index (χ2v) is 6.45. The van der Waals surface area contributed by atoms with Crippen LogP contribution in [0.4, 0.5) is 0 Å². The van der Waals surface area contributed by atoms with Gasteiger partial charge in [0.25, 0.3) is 0 Å². The third-order valence-corrected chi connectivity index (χ3v) is 2.77. The maximum Gasteiger partial charge on any atom is 0.163 e. The first-order valence-corrected chi connectivity index (χ1v) is 7.10. The van der Waals surface area contributed by atoms with Crippen molar-refractivity contribution in [1.82, 2.24) is 0 Å². The molecule has 2 nitrogen and oxygen atoms in total. The number of rotatable bonds is 6. The SMILES string of the molecule is CC(C)CCCC(=O)c1cccc(OC(C)(C)C)c1. The number of benzene rings is 1. The van der Waals surface area contributed by atoms with Gasteiger partial charge in [-0.05, 0) is 45.2 Å². The van der Waals surface area contributed by atoms with Crippen LogP contribution >= 0.6 is 0 Å². The summed E-state index contributed by atoms with van der Waals surface area (Å²) in [4.78, 5) is 12.1. The molecule has 0 fully saturated rings. The van der Waals surface area contributed by atoms with Crippen LogP contribution in [0.3, 0.4) is 0 Å². The standard InChI is InChI=1S/C17H26O2/c1-13(2)8-6-11-16(18)14-9-7-10-15(12-14)19-17(3,4)5/h7,9-10,12-13H,6,8,11H2,1-5H3. The molecular formula is C17H26O2. The molecule has 1 aromatic carbocycles. The molecule has 0 saturated carbocycles. The summed E-state index contributed by atoms with van der Waals surface area (Å²) in [6.07, 6.45) is 2.68. The summed E-state index contributed by atoms with van der Waals surface area (Å²) in [5.41, 5.74) is 0.518. The molecule has 0 saturated heterocycles. The lowest BCUT2D eigenvalue weighted by molar-refractivity contribution is 0.0975. The van der Waals surface area contributed by atoms with Crippen LogP contribution in [0.1, 0.15) is 64.2 Å². The van der Waals surface area contributed by atoms with Gasteiger partial charge in [-0.25, -0.2) is 0 Å². The van der Waals surface area contributed by atoms with E-state index < -0.39 is 0 Å². The number of carbonyl (C=O) groups excluding carboxylic acids is 1. The molecule has 0 aliphatic rings. The summed E-state index contributed by atoms with van der Waals surface area (Å²) in [6.45, 7) is 10.4. The summed E-state index contributed by atoms with van der Waals surface area (Å²) < 4.78 is 5.78. The Balaban J connectivity index is 2.63. The highest BCUT2D eigenvalue weighted by Gasteiger charge is 2.13. The third-order valence-electron chi connectivity index (χ3n) is 2.77. The van der Waals surface area contributed by atoms with Crippen molar-refractivity contribution in [3.63, 3.8) is 0 Å². The van der Waals surface area contributed by atoms with Crippen molar-refractivity contribution >= 4 is 5.78 Å². The summed E-state index contributed by atoms with van der Waals surface area (Å²) in [7, 11) is 0. The zero-order valence-corrected chi connectivity index (χ0v) is 12.8. The molecule has 0 aliphatic heterocycles. The van der Waals surface area contributed by atoms with Gasteiger partial charge in [-0.1, -0.05) is 32.4 Å². The molecule has 106 valence electrons. The molecule has 0 N–H and O–H groups in total. The van der Waals surface area contributed by atoms with E-state index in [0.717, 1.165) is 24.2 Å². The van der Waals surface area contributed by atoms with Gasteiger partial charge in [0.05, 0.1) is 0 Å². The first kappa shape index (κ1) is 15.7. The number of hydrogen-bond acceptors (Lipinski definition) is 2. The van der Waals surface area contributed by atoms with Crippen molar-refractivity contribution in [2.75, 3.05) is 0 Å². The van der Waals surface area contributed by atoms with Crippen LogP contribution in [0.2, 0.25) is 0 Å². The molecule has 2 heteroatoms. The van der Waals surface area contributed by atoms with Crippen LogP contribution < -0.4 is 4.74 Å². The second kappa shape index (κ2) is 6.74. The molecule has 19 heavy (non-hydrogen) atoms. The summed E-state index contributed by atoms with van der Waals surface area (Å²) in [5.74, 6) is 1.63. The fourth-order valence-electron chi connectivity index (χ4n) is 1.90. The van der Waals surface area contributed by atoms with Gasteiger partial charge in [0.1, 0.15) is 11.4 Å². The van der Waals surface area contributed by atoms with Crippen LogP contribution in [-0.2, 0) is 0 Å². The van der Waals surface area contributed by atoms with Crippen LogP contribution in [-0.4, -0.2) is 11.4 Å². The first-order valence-electron chi connectivity index (χ1n) is 7.10. The Morgan fingerprint density at radius 2 is 1.95 bits per heavy atom. The molecule has 0 aromatic heterocycles. The van der Waals surface area contributed by atoms with Crippen molar-refractivity contribution in [1.29, 1.82) is 0 Å². The Kier molecular flexibility index (Phi) is 5.59. The topological polar surface area (TPSA) is 26.3 Å². The number of hydrogen-bond donors (Lipinski definition) is 0. The van der Waals surface area contributed by atoms with Crippen molar-refractivity contribution in [2.24, 2.45) is 5.92 Å². The predicted molar refractivity (Wildman–Crippen MR) is 79.8 cm³/mol. The van der Waals surface area contributed by atoms with E-state index in [1.54, 1.807) is 0 Å². The van der Waals surface area contributed by atoms with Gasteiger partial charge in [0, 0.05) is 12.0 Å². The van der Waals surface area contributed by atoms with Gasteiger partial charge in [0.2, 0.25) is 0 Å². The largest absolute Gasteiger partial charge is 0.488 e. The van der Waals surface area contributed by atoms with Crippen molar-refractivity contribution in [3.05, 3.63) is 29.8 Å².